The molecule has 0 radical (unpaired) electrons. The number of anilines is 2. The molecule has 0 aromatic carbocycles. The van der Waals surface area contributed by atoms with Crippen molar-refractivity contribution >= 4 is 11.6 Å². The van der Waals surface area contributed by atoms with Gasteiger partial charge in [-0.05, 0) is 25.7 Å². The number of hydrogen-bond donors (Lipinski definition) is 1. The van der Waals surface area contributed by atoms with Gasteiger partial charge in [0.15, 0.2) is 0 Å². The fourth-order valence-corrected chi connectivity index (χ4v) is 3.98. The van der Waals surface area contributed by atoms with E-state index in [4.69, 9.17) is 9.47 Å². The first kappa shape index (κ1) is 16.1. The number of rotatable bonds is 2. The molecule has 0 amide bonds. The van der Waals surface area contributed by atoms with Crippen LogP contribution in [0, 0.1) is 0 Å². The van der Waals surface area contributed by atoms with Crippen molar-refractivity contribution in [2.75, 3.05) is 55.8 Å². The van der Waals surface area contributed by atoms with Crippen molar-refractivity contribution in [1.82, 2.24) is 9.97 Å². The zero-order valence-corrected chi connectivity index (χ0v) is 14.1. The third-order valence-corrected chi connectivity index (χ3v) is 5.53. The van der Waals surface area contributed by atoms with Crippen molar-refractivity contribution in [2.24, 2.45) is 0 Å². The Hall–Kier alpha value is -1.44. The molecular formula is C17H26N4O3. The molecule has 24 heavy (non-hydrogen) atoms. The van der Waals surface area contributed by atoms with E-state index in [2.05, 4.69) is 25.8 Å². The van der Waals surface area contributed by atoms with Crippen molar-refractivity contribution in [1.29, 1.82) is 0 Å². The number of ether oxygens (including phenoxy) is 2. The molecule has 0 aliphatic carbocycles. The molecule has 132 valence electrons. The summed E-state index contributed by atoms with van der Waals surface area (Å²) in [7, 11) is 0. The summed E-state index contributed by atoms with van der Waals surface area (Å²) in [5.74, 6) is 1.93. The molecule has 0 bridgehead atoms. The predicted octanol–water partition coefficient (Wildman–Crippen LogP) is 0.823. The van der Waals surface area contributed by atoms with Gasteiger partial charge >= 0.3 is 0 Å². The van der Waals surface area contributed by atoms with E-state index in [1.807, 2.05) is 0 Å². The molecule has 4 heterocycles. The van der Waals surface area contributed by atoms with Gasteiger partial charge in [-0.15, -0.1) is 0 Å². The van der Waals surface area contributed by atoms with Gasteiger partial charge in [-0.3, -0.25) is 0 Å². The second-order valence-corrected chi connectivity index (χ2v) is 6.89. The zero-order chi connectivity index (χ0) is 16.4. The van der Waals surface area contributed by atoms with Gasteiger partial charge in [-0.25, -0.2) is 9.97 Å². The first-order chi connectivity index (χ1) is 11.8. The Morgan fingerprint density at radius 3 is 2.33 bits per heavy atom. The monoisotopic (exact) mass is 334 g/mol. The van der Waals surface area contributed by atoms with E-state index in [9.17, 15) is 5.11 Å². The van der Waals surface area contributed by atoms with Gasteiger partial charge in [0.1, 0.15) is 18.0 Å². The van der Waals surface area contributed by atoms with Crippen LogP contribution in [0.1, 0.15) is 25.7 Å². The molecule has 3 fully saturated rings. The van der Waals surface area contributed by atoms with Crippen LogP contribution in [0.4, 0.5) is 11.6 Å². The number of hydrogen-bond acceptors (Lipinski definition) is 7. The SMILES string of the molecule is O[C@H]1CCCOC12CCN(c1cc(N3CCOCC3)ncn1)CC2. The number of morpholine rings is 1. The Kier molecular flexibility index (Phi) is 4.56. The van der Waals surface area contributed by atoms with E-state index < -0.39 is 0 Å². The largest absolute Gasteiger partial charge is 0.390 e. The summed E-state index contributed by atoms with van der Waals surface area (Å²) < 4.78 is 11.4. The second kappa shape index (κ2) is 6.82. The maximum Gasteiger partial charge on any atom is 0.134 e. The van der Waals surface area contributed by atoms with Crippen LogP contribution in [0.2, 0.25) is 0 Å². The van der Waals surface area contributed by atoms with Gasteiger partial charge in [-0.2, -0.15) is 0 Å². The van der Waals surface area contributed by atoms with Gasteiger partial charge in [0.2, 0.25) is 0 Å². The van der Waals surface area contributed by atoms with Crippen LogP contribution >= 0.6 is 0 Å². The molecule has 0 unspecified atom stereocenters. The van der Waals surface area contributed by atoms with Gasteiger partial charge in [-0.1, -0.05) is 0 Å². The first-order valence-corrected chi connectivity index (χ1v) is 8.99. The van der Waals surface area contributed by atoms with Crippen LogP contribution in [-0.2, 0) is 9.47 Å². The lowest BCUT2D eigenvalue weighted by molar-refractivity contribution is -0.164. The number of aliphatic hydroxyl groups excluding tert-OH is 1. The summed E-state index contributed by atoms with van der Waals surface area (Å²) in [6.07, 6.45) is 4.84. The molecule has 7 nitrogen and oxygen atoms in total. The Balaban J connectivity index is 1.43. The molecule has 3 aliphatic rings. The minimum absolute atomic E-state index is 0.331. The van der Waals surface area contributed by atoms with Crippen molar-refractivity contribution in [3.63, 3.8) is 0 Å². The number of aromatic nitrogens is 2. The van der Waals surface area contributed by atoms with Gasteiger partial charge in [0.05, 0.1) is 24.9 Å². The Morgan fingerprint density at radius 2 is 1.67 bits per heavy atom. The third-order valence-electron chi connectivity index (χ3n) is 5.53. The van der Waals surface area contributed by atoms with Crippen LogP contribution < -0.4 is 9.80 Å². The molecule has 1 aromatic heterocycles. The summed E-state index contributed by atoms with van der Waals surface area (Å²) in [5, 5.41) is 10.4. The normalized spacial score (nSPS) is 27.5. The van der Waals surface area contributed by atoms with E-state index in [1.165, 1.54) is 0 Å². The van der Waals surface area contributed by atoms with Crippen molar-refractivity contribution < 1.29 is 14.6 Å². The van der Waals surface area contributed by atoms with Crippen LogP contribution in [0.3, 0.4) is 0 Å². The topological polar surface area (TPSA) is 71.0 Å². The van der Waals surface area contributed by atoms with Gasteiger partial charge < -0.3 is 24.4 Å². The second-order valence-electron chi connectivity index (χ2n) is 6.89. The fourth-order valence-electron chi connectivity index (χ4n) is 3.98. The molecule has 7 heteroatoms. The molecule has 1 spiro atoms. The lowest BCUT2D eigenvalue weighted by Crippen LogP contribution is -2.55. The Bertz CT molecular complexity index is 557. The molecule has 3 aliphatic heterocycles. The maximum absolute atomic E-state index is 10.4. The smallest absolute Gasteiger partial charge is 0.134 e. The summed E-state index contributed by atoms with van der Waals surface area (Å²) in [5.41, 5.74) is -0.338. The van der Waals surface area contributed by atoms with E-state index in [1.54, 1.807) is 6.33 Å². The fraction of sp³-hybridized carbons (Fsp3) is 0.765. The van der Waals surface area contributed by atoms with E-state index in [-0.39, 0.29) is 11.7 Å². The quantitative estimate of drug-likeness (QED) is 0.859. The average Bonchev–Trinajstić information content (AvgIpc) is 2.66. The van der Waals surface area contributed by atoms with Gasteiger partial charge in [0.25, 0.3) is 0 Å². The minimum atomic E-state index is -0.338. The summed E-state index contributed by atoms with van der Waals surface area (Å²) in [6.45, 7) is 5.74. The molecule has 0 saturated carbocycles. The number of aliphatic hydroxyl groups is 1. The van der Waals surface area contributed by atoms with Crippen LogP contribution in [-0.4, -0.2) is 72.8 Å². The zero-order valence-electron chi connectivity index (χ0n) is 14.1. The van der Waals surface area contributed by atoms with E-state index in [0.717, 1.165) is 83.3 Å². The summed E-state index contributed by atoms with van der Waals surface area (Å²) >= 11 is 0. The lowest BCUT2D eigenvalue weighted by Gasteiger charge is -2.47. The van der Waals surface area contributed by atoms with Gasteiger partial charge in [0, 0.05) is 38.9 Å². The Morgan fingerprint density at radius 1 is 1.00 bits per heavy atom. The predicted molar refractivity (Wildman–Crippen MR) is 90.4 cm³/mol. The van der Waals surface area contributed by atoms with Crippen molar-refractivity contribution in [2.45, 2.75) is 37.4 Å². The standard InChI is InChI=1S/C17H26N4O3/c22-14-2-1-9-24-17(14)3-5-20(6-4-17)15-12-16(19-13-18-15)21-7-10-23-11-8-21/h12-14,22H,1-11H2/t14-/m0/s1. The molecule has 4 rings (SSSR count). The summed E-state index contributed by atoms with van der Waals surface area (Å²) in [4.78, 5) is 13.4. The molecular weight excluding hydrogens is 308 g/mol. The van der Waals surface area contributed by atoms with Crippen LogP contribution in [0.5, 0.6) is 0 Å². The van der Waals surface area contributed by atoms with Crippen molar-refractivity contribution in [3.8, 4) is 0 Å². The summed E-state index contributed by atoms with van der Waals surface area (Å²) in [6, 6.07) is 2.07. The highest BCUT2D eigenvalue weighted by Gasteiger charge is 2.43. The Labute approximate surface area is 142 Å². The van der Waals surface area contributed by atoms with Crippen LogP contribution in [0.15, 0.2) is 12.4 Å². The highest BCUT2D eigenvalue weighted by molar-refractivity contribution is 5.50. The lowest BCUT2D eigenvalue weighted by atomic mass is 9.82. The van der Waals surface area contributed by atoms with Crippen molar-refractivity contribution in [3.05, 3.63) is 12.4 Å². The van der Waals surface area contributed by atoms with E-state index >= 15 is 0 Å². The molecule has 1 N–H and O–H groups in total. The maximum atomic E-state index is 10.4. The minimum Gasteiger partial charge on any atom is -0.390 e. The highest BCUT2D eigenvalue weighted by atomic mass is 16.5. The van der Waals surface area contributed by atoms with E-state index in [0.29, 0.717) is 0 Å². The molecule has 1 aromatic rings. The average molecular weight is 334 g/mol. The number of piperidine rings is 1. The first-order valence-electron chi connectivity index (χ1n) is 8.99. The molecule has 3 saturated heterocycles. The number of nitrogens with zero attached hydrogens (tertiary/aromatic N) is 4. The highest BCUT2D eigenvalue weighted by Crippen LogP contribution is 2.36. The third kappa shape index (κ3) is 3.08. The molecule has 1 atom stereocenters. The van der Waals surface area contributed by atoms with Crippen LogP contribution in [0.25, 0.3) is 0 Å².